The molecule has 5 nitrogen and oxygen atoms in total. The van der Waals surface area contributed by atoms with Crippen LogP contribution in [0.25, 0.3) is 15.3 Å². The SMILES string of the molecule is CC(C)C(O)CNC(=O)c1cc2c(nc3sccn32)s1. The van der Waals surface area contributed by atoms with Crippen molar-refractivity contribution in [2.24, 2.45) is 5.92 Å². The Morgan fingerprint density at radius 2 is 2.35 bits per heavy atom. The summed E-state index contributed by atoms with van der Waals surface area (Å²) in [6.45, 7) is 4.11. The molecular formula is C13H15N3O2S2. The highest BCUT2D eigenvalue weighted by molar-refractivity contribution is 7.21. The summed E-state index contributed by atoms with van der Waals surface area (Å²) >= 11 is 2.95. The number of carbonyl (C=O) groups excluding carboxylic acids is 1. The van der Waals surface area contributed by atoms with Gasteiger partial charge in [-0.3, -0.25) is 9.20 Å². The predicted octanol–water partition coefficient (Wildman–Crippen LogP) is 2.36. The van der Waals surface area contributed by atoms with Crippen molar-refractivity contribution in [3.63, 3.8) is 0 Å². The minimum Gasteiger partial charge on any atom is -0.391 e. The summed E-state index contributed by atoms with van der Waals surface area (Å²) in [6, 6.07) is 1.85. The van der Waals surface area contributed by atoms with Gasteiger partial charge in [0.25, 0.3) is 5.91 Å². The molecule has 0 aliphatic heterocycles. The van der Waals surface area contributed by atoms with Gasteiger partial charge in [-0.2, -0.15) is 0 Å². The lowest BCUT2D eigenvalue weighted by Crippen LogP contribution is -2.34. The second kappa shape index (κ2) is 5.16. The van der Waals surface area contributed by atoms with Crippen molar-refractivity contribution >= 4 is 43.9 Å². The zero-order chi connectivity index (χ0) is 14.3. The predicted molar refractivity (Wildman–Crippen MR) is 81.6 cm³/mol. The summed E-state index contributed by atoms with van der Waals surface area (Å²) in [4.78, 5) is 19.0. The molecule has 1 amide bonds. The van der Waals surface area contributed by atoms with Gasteiger partial charge in [0.2, 0.25) is 0 Å². The minimum absolute atomic E-state index is 0.127. The molecule has 0 bridgehead atoms. The van der Waals surface area contributed by atoms with Crippen LogP contribution < -0.4 is 5.32 Å². The molecule has 0 aliphatic rings. The van der Waals surface area contributed by atoms with Gasteiger partial charge in [-0.1, -0.05) is 13.8 Å². The quantitative estimate of drug-likeness (QED) is 0.777. The molecule has 0 aliphatic carbocycles. The molecule has 0 saturated heterocycles. The maximum Gasteiger partial charge on any atom is 0.261 e. The number of amides is 1. The molecular weight excluding hydrogens is 294 g/mol. The summed E-state index contributed by atoms with van der Waals surface area (Å²) < 4.78 is 1.98. The Kier molecular flexibility index (Phi) is 3.49. The van der Waals surface area contributed by atoms with Crippen LogP contribution in [0.5, 0.6) is 0 Å². The van der Waals surface area contributed by atoms with E-state index in [1.165, 1.54) is 11.3 Å². The molecule has 0 spiro atoms. The van der Waals surface area contributed by atoms with E-state index in [0.29, 0.717) is 4.88 Å². The number of hydrogen-bond donors (Lipinski definition) is 2. The average molecular weight is 309 g/mol. The molecule has 3 aromatic heterocycles. The number of imidazole rings is 1. The van der Waals surface area contributed by atoms with E-state index >= 15 is 0 Å². The standard InChI is InChI=1S/C13H15N3O2S2/c1-7(2)9(17)6-14-11(18)10-5-8-12(20-10)15-13-16(8)3-4-19-13/h3-5,7,9,17H,6H2,1-2H3,(H,14,18). The Morgan fingerprint density at radius 1 is 1.55 bits per heavy atom. The number of thiazole rings is 1. The molecule has 0 aromatic carbocycles. The molecule has 7 heteroatoms. The molecule has 1 atom stereocenters. The normalized spacial score (nSPS) is 13.4. The fourth-order valence-electron chi connectivity index (χ4n) is 1.88. The maximum absolute atomic E-state index is 12.1. The van der Waals surface area contributed by atoms with Crippen LogP contribution in [0, 0.1) is 5.92 Å². The van der Waals surface area contributed by atoms with E-state index in [1.54, 1.807) is 11.3 Å². The molecule has 0 radical (unpaired) electrons. The number of nitrogens with one attached hydrogen (secondary N) is 1. The summed E-state index contributed by atoms with van der Waals surface area (Å²) in [5.74, 6) is -0.0285. The van der Waals surface area contributed by atoms with Crippen LogP contribution in [0.15, 0.2) is 17.6 Å². The van der Waals surface area contributed by atoms with Gasteiger partial charge in [0, 0.05) is 18.1 Å². The van der Waals surface area contributed by atoms with Crippen molar-refractivity contribution in [1.82, 2.24) is 14.7 Å². The number of hydrogen-bond acceptors (Lipinski definition) is 5. The number of rotatable bonds is 4. The Labute approximate surface area is 123 Å². The van der Waals surface area contributed by atoms with Crippen molar-refractivity contribution < 1.29 is 9.90 Å². The van der Waals surface area contributed by atoms with E-state index in [9.17, 15) is 9.90 Å². The molecule has 106 valence electrons. The van der Waals surface area contributed by atoms with Gasteiger partial charge in [-0.25, -0.2) is 4.98 Å². The molecule has 20 heavy (non-hydrogen) atoms. The molecule has 1 unspecified atom stereocenters. The Morgan fingerprint density at radius 3 is 3.10 bits per heavy atom. The first-order valence-corrected chi connectivity index (χ1v) is 8.07. The van der Waals surface area contributed by atoms with Gasteiger partial charge in [0.15, 0.2) is 4.96 Å². The number of thiophene rings is 1. The van der Waals surface area contributed by atoms with Crippen LogP contribution in [0.2, 0.25) is 0 Å². The van der Waals surface area contributed by atoms with Crippen LogP contribution in [-0.4, -0.2) is 33.0 Å². The first kappa shape index (κ1) is 13.5. The molecule has 2 N–H and O–H groups in total. The van der Waals surface area contributed by atoms with Crippen molar-refractivity contribution in [2.45, 2.75) is 20.0 Å². The van der Waals surface area contributed by atoms with Crippen molar-refractivity contribution in [3.8, 4) is 0 Å². The smallest absolute Gasteiger partial charge is 0.261 e. The van der Waals surface area contributed by atoms with Crippen LogP contribution in [0.3, 0.4) is 0 Å². The van der Waals surface area contributed by atoms with Crippen LogP contribution in [0.1, 0.15) is 23.5 Å². The lowest BCUT2D eigenvalue weighted by Gasteiger charge is -2.14. The average Bonchev–Trinajstić information content (AvgIpc) is 3.05. The van der Waals surface area contributed by atoms with E-state index in [-0.39, 0.29) is 18.4 Å². The highest BCUT2D eigenvalue weighted by Crippen LogP contribution is 2.28. The van der Waals surface area contributed by atoms with Gasteiger partial charge in [0.1, 0.15) is 4.83 Å². The largest absolute Gasteiger partial charge is 0.391 e. The summed E-state index contributed by atoms with van der Waals surface area (Å²) in [6.07, 6.45) is 1.43. The number of fused-ring (bicyclic) bond motifs is 3. The number of aromatic nitrogens is 2. The zero-order valence-electron chi connectivity index (χ0n) is 11.2. The highest BCUT2D eigenvalue weighted by atomic mass is 32.1. The third-order valence-corrected chi connectivity index (χ3v) is 4.98. The Balaban J connectivity index is 1.79. The van der Waals surface area contributed by atoms with Crippen LogP contribution in [0.4, 0.5) is 0 Å². The summed E-state index contributed by atoms with van der Waals surface area (Å²) in [7, 11) is 0. The van der Waals surface area contributed by atoms with Crippen molar-refractivity contribution in [1.29, 1.82) is 0 Å². The lowest BCUT2D eigenvalue weighted by molar-refractivity contribution is 0.0875. The van der Waals surface area contributed by atoms with Gasteiger partial charge in [-0.05, 0) is 12.0 Å². The van der Waals surface area contributed by atoms with Crippen LogP contribution >= 0.6 is 22.7 Å². The molecule has 3 aromatic rings. The Hall–Kier alpha value is -1.44. The lowest BCUT2D eigenvalue weighted by atomic mass is 10.1. The summed E-state index contributed by atoms with van der Waals surface area (Å²) in [5.41, 5.74) is 0.959. The van der Waals surface area contributed by atoms with Gasteiger partial charge < -0.3 is 10.4 Å². The zero-order valence-corrected chi connectivity index (χ0v) is 12.8. The third-order valence-electron chi connectivity index (χ3n) is 3.20. The van der Waals surface area contributed by atoms with E-state index < -0.39 is 6.10 Å². The monoisotopic (exact) mass is 309 g/mol. The fourth-order valence-corrected chi connectivity index (χ4v) is 3.60. The number of nitrogens with zero attached hydrogens (tertiary/aromatic N) is 2. The van der Waals surface area contributed by atoms with E-state index in [0.717, 1.165) is 15.3 Å². The first-order valence-electron chi connectivity index (χ1n) is 6.37. The maximum atomic E-state index is 12.1. The molecule has 0 saturated carbocycles. The van der Waals surface area contributed by atoms with Gasteiger partial charge in [0.05, 0.1) is 16.5 Å². The molecule has 0 fully saturated rings. The first-order chi connectivity index (χ1) is 9.56. The highest BCUT2D eigenvalue weighted by Gasteiger charge is 2.16. The van der Waals surface area contributed by atoms with E-state index in [1.807, 2.05) is 35.9 Å². The van der Waals surface area contributed by atoms with Crippen molar-refractivity contribution in [2.75, 3.05) is 6.54 Å². The van der Waals surface area contributed by atoms with Crippen LogP contribution in [-0.2, 0) is 0 Å². The number of aliphatic hydroxyl groups excluding tert-OH is 1. The minimum atomic E-state index is -0.520. The second-order valence-corrected chi connectivity index (χ2v) is 6.89. The Bertz CT molecular complexity index is 756. The summed E-state index contributed by atoms with van der Waals surface area (Å²) in [5, 5.41) is 14.4. The molecule has 3 heterocycles. The van der Waals surface area contributed by atoms with Crippen molar-refractivity contribution in [3.05, 3.63) is 22.5 Å². The molecule has 3 rings (SSSR count). The van der Waals surface area contributed by atoms with E-state index in [2.05, 4.69) is 10.3 Å². The van der Waals surface area contributed by atoms with E-state index in [4.69, 9.17) is 0 Å². The van der Waals surface area contributed by atoms with Gasteiger partial charge in [-0.15, -0.1) is 22.7 Å². The second-order valence-electron chi connectivity index (χ2n) is 4.99. The van der Waals surface area contributed by atoms with Gasteiger partial charge >= 0.3 is 0 Å². The third kappa shape index (κ3) is 2.32. The fraction of sp³-hybridized carbons (Fsp3) is 0.385. The number of carbonyl (C=O) groups is 1. The topological polar surface area (TPSA) is 66.6 Å². The number of aliphatic hydroxyl groups is 1.